The second-order valence-corrected chi connectivity index (χ2v) is 12.9. The zero-order chi connectivity index (χ0) is 5.91. The molecule has 0 saturated heterocycles. The van der Waals surface area contributed by atoms with Crippen molar-refractivity contribution in [2.75, 3.05) is 14.2 Å². The Morgan fingerprint density at radius 1 is 1.29 bits per heavy atom. The van der Waals surface area contributed by atoms with Crippen molar-refractivity contribution >= 4 is 27.0 Å². The van der Waals surface area contributed by atoms with Gasteiger partial charge in [-0.2, -0.15) is 0 Å². The molecular weight excluding hydrogens is 222 g/mol. The third kappa shape index (κ3) is 3.58. The number of hydrogen-bond acceptors (Lipinski definition) is 2. The standard InChI is InChI=1S/2CH3O.CH3.ClH.Sn/c2*1-2;;;/h2*1H3;1H3;1H;/q2*-1;;;+3/p-1. The summed E-state index contributed by atoms with van der Waals surface area (Å²) in [6.07, 6.45) is 0. The van der Waals surface area contributed by atoms with Gasteiger partial charge in [0.2, 0.25) is 0 Å². The molecule has 0 aromatic carbocycles. The Bertz CT molecular complexity index is 50.9. The molecule has 2 nitrogen and oxygen atoms in total. The first-order valence-corrected chi connectivity index (χ1v) is 10.7. The maximum absolute atomic E-state index is 5.67. The number of halogens is 1. The van der Waals surface area contributed by atoms with Crippen LogP contribution < -0.4 is 0 Å². The molecule has 0 aromatic heterocycles. The first-order valence-electron chi connectivity index (χ1n) is 1.91. The predicted molar refractivity (Wildman–Crippen MR) is 31.5 cm³/mol. The Balaban J connectivity index is 3.36. The maximum atomic E-state index is 5.67. The van der Waals surface area contributed by atoms with Crippen molar-refractivity contribution in [1.29, 1.82) is 0 Å². The quantitative estimate of drug-likeness (QED) is 0.662. The van der Waals surface area contributed by atoms with Gasteiger partial charge in [-0.15, -0.1) is 0 Å². The minimum atomic E-state index is -2.81. The van der Waals surface area contributed by atoms with Crippen LogP contribution in [0, 0.1) is 0 Å². The first-order chi connectivity index (χ1) is 3.12. The summed E-state index contributed by atoms with van der Waals surface area (Å²) in [6.45, 7) is 0. The van der Waals surface area contributed by atoms with E-state index in [4.69, 9.17) is 15.1 Å². The van der Waals surface area contributed by atoms with Gasteiger partial charge in [0.25, 0.3) is 0 Å². The van der Waals surface area contributed by atoms with Crippen LogP contribution in [0.15, 0.2) is 0 Å². The summed E-state index contributed by atoms with van der Waals surface area (Å²) in [5, 5.41) is 0. The van der Waals surface area contributed by atoms with Crippen molar-refractivity contribution in [3.8, 4) is 0 Å². The van der Waals surface area contributed by atoms with Crippen LogP contribution in [0.5, 0.6) is 0 Å². The SMILES string of the molecule is C[O][Sn]([CH3])([Cl])[O]C. The van der Waals surface area contributed by atoms with Crippen molar-refractivity contribution in [1.82, 2.24) is 0 Å². The molecule has 0 unspecified atom stereocenters. The molecule has 0 aliphatic rings. The predicted octanol–water partition coefficient (Wildman–Crippen LogP) is 1.09. The summed E-state index contributed by atoms with van der Waals surface area (Å²) in [6, 6.07) is 0. The van der Waals surface area contributed by atoms with Crippen molar-refractivity contribution in [2.24, 2.45) is 0 Å². The van der Waals surface area contributed by atoms with E-state index in [9.17, 15) is 0 Å². The molecule has 0 spiro atoms. The molecule has 44 valence electrons. The molecule has 0 bridgehead atoms. The van der Waals surface area contributed by atoms with Gasteiger partial charge in [0.05, 0.1) is 0 Å². The fourth-order valence-electron chi connectivity index (χ4n) is 0.0833. The van der Waals surface area contributed by atoms with Gasteiger partial charge in [-0.1, -0.05) is 0 Å². The molecule has 0 aliphatic heterocycles. The zero-order valence-electron chi connectivity index (χ0n) is 4.69. The van der Waals surface area contributed by atoms with Gasteiger partial charge in [-0.25, -0.2) is 0 Å². The van der Waals surface area contributed by atoms with Crippen LogP contribution in [0.4, 0.5) is 0 Å². The number of hydrogen-bond donors (Lipinski definition) is 0. The van der Waals surface area contributed by atoms with Crippen molar-refractivity contribution in [2.45, 2.75) is 4.94 Å². The van der Waals surface area contributed by atoms with Crippen LogP contribution in [-0.2, 0) is 6.15 Å². The van der Waals surface area contributed by atoms with E-state index in [1.165, 1.54) is 0 Å². The third-order valence-electron chi connectivity index (χ3n) is 0.729. The van der Waals surface area contributed by atoms with E-state index >= 15 is 0 Å². The van der Waals surface area contributed by atoms with Crippen LogP contribution in [-0.4, -0.2) is 32.3 Å². The van der Waals surface area contributed by atoms with Crippen molar-refractivity contribution in [3.05, 3.63) is 0 Å². The van der Waals surface area contributed by atoms with Gasteiger partial charge in [-0.3, -0.25) is 0 Å². The van der Waals surface area contributed by atoms with Gasteiger partial charge >= 0.3 is 52.3 Å². The summed E-state index contributed by atoms with van der Waals surface area (Å²) < 4.78 is 9.68. The molecule has 7 heavy (non-hydrogen) atoms. The second kappa shape index (κ2) is 3.12. The Morgan fingerprint density at radius 2 is 1.57 bits per heavy atom. The topological polar surface area (TPSA) is 18.5 Å². The monoisotopic (exact) mass is 232 g/mol. The molecule has 0 radical (unpaired) electrons. The molecule has 0 aliphatic carbocycles. The first kappa shape index (κ1) is 8.01. The molecule has 4 heteroatoms. The Labute approximate surface area is 52.4 Å². The van der Waals surface area contributed by atoms with E-state index in [2.05, 4.69) is 0 Å². The Hall–Kier alpha value is 1.01. The van der Waals surface area contributed by atoms with Crippen LogP contribution >= 0.6 is 8.92 Å². The molecule has 0 fully saturated rings. The number of rotatable bonds is 2. The summed E-state index contributed by atoms with van der Waals surface area (Å²) in [5.74, 6) is 0. The Morgan fingerprint density at radius 3 is 1.57 bits per heavy atom. The van der Waals surface area contributed by atoms with Gasteiger partial charge in [0.1, 0.15) is 0 Å². The molecular formula is C3H9ClO2Sn. The normalized spacial score (nSPS) is 12.0. The zero-order valence-corrected chi connectivity index (χ0v) is 8.30. The van der Waals surface area contributed by atoms with Crippen LogP contribution in [0.1, 0.15) is 0 Å². The molecule has 0 saturated carbocycles. The summed E-state index contributed by atoms with van der Waals surface area (Å²) in [4.78, 5) is 1.83. The molecule has 0 heterocycles. The second-order valence-electron chi connectivity index (χ2n) is 1.24. The molecule has 0 N–H and O–H groups in total. The van der Waals surface area contributed by atoms with E-state index < -0.39 is 18.1 Å². The van der Waals surface area contributed by atoms with Crippen molar-refractivity contribution in [3.63, 3.8) is 0 Å². The summed E-state index contributed by atoms with van der Waals surface area (Å²) in [7, 11) is 8.82. The van der Waals surface area contributed by atoms with Crippen molar-refractivity contribution < 1.29 is 6.15 Å². The average Bonchev–Trinajstić information content (AvgIpc) is 1.68. The summed E-state index contributed by atoms with van der Waals surface area (Å²) in [5.41, 5.74) is 0. The van der Waals surface area contributed by atoms with E-state index in [0.717, 1.165) is 0 Å². The van der Waals surface area contributed by atoms with Gasteiger partial charge in [0, 0.05) is 0 Å². The van der Waals surface area contributed by atoms with E-state index in [1.807, 2.05) is 4.94 Å². The molecule has 0 amide bonds. The van der Waals surface area contributed by atoms with E-state index in [-0.39, 0.29) is 0 Å². The third-order valence-corrected chi connectivity index (χ3v) is 6.96. The molecule has 0 rings (SSSR count). The fraction of sp³-hybridized carbons (Fsp3) is 1.00. The van der Waals surface area contributed by atoms with E-state index in [1.54, 1.807) is 14.2 Å². The van der Waals surface area contributed by atoms with Gasteiger partial charge in [0.15, 0.2) is 0 Å². The van der Waals surface area contributed by atoms with Crippen LogP contribution in [0.25, 0.3) is 0 Å². The Kier molecular flexibility index (Phi) is 3.57. The summed E-state index contributed by atoms with van der Waals surface area (Å²) >= 11 is -2.81. The average molecular weight is 231 g/mol. The minimum absolute atomic E-state index is 1.58. The molecule has 0 aromatic rings. The van der Waals surface area contributed by atoms with Crippen LogP contribution in [0.2, 0.25) is 4.94 Å². The molecule has 0 atom stereocenters. The van der Waals surface area contributed by atoms with Crippen LogP contribution in [0.3, 0.4) is 0 Å². The fourth-order valence-corrected chi connectivity index (χ4v) is 0.559. The van der Waals surface area contributed by atoms with Gasteiger partial charge in [-0.05, 0) is 0 Å². The van der Waals surface area contributed by atoms with E-state index in [0.29, 0.717) is 0 Å². The van der Waals surface area contributed by atoms with Gasteiger partial charge < -0.3 is 0 Å².